The molecule has 1 aliphatic heterocycles. The van der Waals surface area contributed by atoms with Gasteiger partial charge >= 0.3 is 0 Å². The minimum atomic E-state index is -2.62. The van der Waals surface area contributed by atoms with Crippen LogP contribution in [0.2, 0.25) is 0 Å². The second kappa shape index (κ2) is 5.25. The van der Waals surface area contributed by atoms with Gasteiger partial charge in [-0.05, 0) is 12.1 Å². The molecule has 14 heavy (non-hydrogen) atoms. The van der Waals surface area contributed by atoms with Crippen molar-refractivity contribution in [3.05, 3.63) is 36.7 Å². The lowest BCUT2D eigenvalue weighted by Gasteiger charge is -2.11. The van der Waals surface area contributed by atoms with Crippen molar-refractivity contribution in [3.63, 3.8) is 0 Å². The monoisotopic (exact) mass is 214 g/mol. The van der Waals surface area contributed by atoms with Gasteiger partial charge in [-0.25, -0.2) is 13.6 Å². The SMILES string of the molecule is C1=COc2ccccc2N1.N[SH](=O)=O. The third-order valence-corrected chi connectivity index (χ3v) is 1.39. The van der Waals surface area contributed by atoms with E-state index in [1.54, 1.807) is 12.5 Å². The van der Waals surface area contributed by atoms with Crippen LogP contribution in [0.4, 0.5) is 5.69 Å². The van der Waals surface area contributed by atoms with Gasteiger partial charge in [-0.3, -0.25) is 0 Å². The summed E-state index contributed by atoms with van der Waals surface area (Å²) in [6, 6.07) is 7.80. The smallest absolute Gasteiger partial charge is 0.198 e. The number of nitrogens with two attached hydrogens (primary N) is 1. The Labute approximate surface area is 83.3 Å². The van der Waals surface area contributed by atoms with Crippen molar-refractivity contribution in [1.82, 2.24) is 0 Å². The zero-order chi connectivity index (χ0) is 10.4. The summed E-state index contributed by atoms with van der Waals surface area (Å²) >= 11 is 0. The average Bonchev–Trinajstić information content (AvgIpc) is 2.17. The summed E-state index contributed by atoms with van der Waals surface area (Å²) in [5.74, 6) is 0.880. The predicted octanol–water partition coefficient (Wildman–Crippen LogP) is 0.434. The Morgan fingerprint density at radius 2 is 1.93 bits per heavy atom. The van der Waals surface area contributed by atoms with Crippen LogP contribution in [-0.4, -0.2) is 8.42 Å². The number of fused-ring (bicyclic) bond motifs is 1. The van der Waals surface area contributed by atoms with Gasteiger partial charge in [0.05, 0.1) is 5.69 Å². The van der Waals surface area contributed by atoms with Crippen LogP contribution >= 0.6 is 0 Å². The number of para-hydroxylation sites is 2. The summed E-state index contributed by atoms with van der Waals surface area (Å²) in [5, 5.41) is 7.12. The van der Waals surface area contributed by atoms with Crippen LogP contribution in [0.3, 0.4) is 0 Å². The molecule has 3 N–H and O–H groups in total. The first kappa shape index (κ1) is 10.6. The summed E-state index contributed by atoms with van der Waals surface area (Å²) in [6.07, 6.45) is 3.39. The molecule has 0 unspecified atom stereocenters. The largest absolute Gasteiger partial charge is 0.461 e. The number of hydrogen-bond donors (Lipinski definition) is 3. The normalized spacial score (nSPS) is 11.9. The van der Waals surface area contributed by atoms with Gasteiger partial charge in [0, 0.05) is 6.20 Å². The van der Waals surface area contributed by atoms with Crippen molar-refractivity contribution >= 4 is 16.6 Å². The summed E-state index contributed by atoms with van der Waals surface area (Å²) in [5.41, 5.74) is 1.02. The fourth-order valence-electron chi connectivity index (χ4n) is 0.920. The third-order valence-electron chi connectivity index (χ3n) is 1.39. The number of ether oxygens (including phenoxy) is 1. The molecular weight excluding hydrogens is 204 g/mol. The highest BCUT2D eigenvalue weighted by atomic mass is 32.2. The van der Waals surface area contributed by atoms with Crippen molar-refractivity contribution in [3.8, 4) is 5.75 Å². The quantitative estimate of drug-likeness (QED) is 0.547. The second-order valence-electron chi connectivity index (χ2n) is 2.35. The molecule has 1 heterocycles. The molecule has 2 rings (SSSR count). The molecule has 0 saturated heterocycles. The molecule has 0 aliphatic carbocycles. The number of thiol groups is 1. The van der Waals surface area contributed by atoms with Crippen LogP contribution < -0.4 is 15.2 Å². The molecule has 0 saturated carbocycles. The van der Waals surface area contributed by atoms with Crippen molar-refractivity contribution in [2.75, 3.05) is 5.32 Å². The van der Waals surface area contributed by atoms with E-state index in [0.717, 1.165) is 11.4 Å². The highest BCUT2D eigenvalue weighted by Gasteiger charge is 2.01. The molecule has 0 spiro atoms. The Hall–Kier alpha value is -1.53. The lowest BCUT2D eigenvalue weighted by molar-refractivity contribution is 0.477. The highest BCUT2D eigenvalue weighted by molar-refractivity contribution is 7.69. The molecule has 0 amide bonds. The van der Waals surface area contributed by atoms with Gasteiger partial charge in [0.2, 0.25) is 0 Å². The van der Waals surface area contributed by atoms with Crippen LogP contribution in [0.1, 0.15) is 0 Å². The van der Waals surface area contributed by atoms with E-state index < -0.39 is 10.9 Å². The minimum Gasteiger partial charge on any atom is -0.461 e. The van der Waals surface area contributed by atoms with Crippen molar-refractivity contribution in [1.29, 1.82) is 0 Å². The summed E-state index contributed by atoms with van der Waals surface area (Å²) in [6.45, 7) is 0. The van der Waals surface area contributed by atoms with Gasteiger partial charge in [-0.15, -0.1) is 0 Å². The number of nitrogens with one attached hydrogen (secondary N) is 1. The predicted molar refractivity (Wildman–Crippen MR) is 54.3 cm³/mol. The van der Waals surface area contributed by atoms with Crippen molar-refractivity contribution < 1.29 is 13.2 Å². The lowest BCUT2D eigenvalue weighted by atomic mass is 10.3. The van der Waals surface area contributed by atoms with Gasteiger partial charge < -0.3 is 10.1 Å². The van der Waals surface area contributed by atoms with E-state index >= 15 is 0 Å². The molecule has 1 aromatic rings. The fourth-order valence-corrected chi connectivity index (χ4v) is 0.920. The molecule has 76 valence electrons. The Morgan fingerprint density at radius 1 is 1.29 bits per heavy atom. The Morgan fingerprint density at radius 3 is 2.57 bits per heavy atom. The molecule has 0 atom stereocenters. The van der Waals surface area contributed by atoms with Crippen LogP contribution in [0.25, 0.3) is 0 Å². The molecule has 0 radical (unpaired) electrons. The molecule has 6 heteroatoms. The third kappa shape index (κ3) is 3.46. The Bertz CT molecular complexity index is 366. The zero-order valence-electron chi connectivity index (χ0n) is 7.21. The first-order chi connectivity index (χ1) is 6.70. The Balaban J connectivity index is 0.000000213. The van der Waals surface area contributed by atoms with Gasteiger partial charge in [-0.1, -0.05) is 12.1 Å². The highest BCUT2D eigenvalue weighted by Crippen LogP contribution is 2.25. The zero-order valence-corrected chi connectivity index (χ0v) is 8.11. The summed E-state index contributed by atoms with van der Waals surface area (Å²) in [4.78, 5) is 0. The number of anilines is 1. The van der Waals surface area contributed by atoms with Crippen molar-refractivity contribution in [2.24, 2.45) is 5.14 Å². The van der Waals surface area contributed by atoms with Crippen LogP contribution in [0.15, 0.2) is 36.7 Å². The van der Waals surface area contributed by atoms with E-state index in [9.17, 15) is 0 Å². The summed E-state index contributed by atoms with van der Waals surface area (Å²) in [7, 11) is -2.62. The fraction of sp³-hybridized carbons (Fsp3) is 0. The van der Waals surface area contributed by atoms with Crippen LogP contribution in [-0.2, 0) is 10.9 Å². The standard InChI is InChI=1S/C8H7NO.H3NO2S/c1-2-4-8-7(3-1)9-5-6-10-8;1-4(2)3/h1-6,9H;4H,(H2,1,2,3). The van der Waals surface area contributed by atoms with E-state index in [1.165, 1.54) is 0 Å². The second-order valence-corrected chi connectivity index (χ2v) is 2.92. The van der Waals surface area contributed by atoms with E-state index in [2.05, 4.69) is 10.5 Å². The van der Waals surface area contributed by atoms with E-state index in [0.29, 0.717) is 0 Å². The van der Waals surface area contributed by atoms with Crippen LogP contribution in [0, 0.1) is 0 Å². The van der Waals surface area contributed by atoms with Crippen molar-refractivity contribution in [2.45, 2.75) is 0 Å². The average molecular weight is 214 g/mol. The first-order valence-corrected chi connectivity index (χ1v) is 5.01. The summed E-state index contributed by atoms with van der Waals surface area (Å²) < 4.78 is 22.8. The van der Waals surface area contributed by atoms with E-state index in [1.807, 2.05) is 24.3 Å². The molecule has 5 nitrogen and oxygen atoms in total. The topological polar surface area (TPSA) is 81.4 Å². The number of benzene rings is 1. The van der Waals surface area contributed by atoms with Gasteiger partial charge in [0.25, 0.3) is 0 Å². The van der Waals surface area contributed by atoms with E-state index in [-0.39, 0.29) is 0 Å². The number of rotatable bonds is 0. The molecule has 0 aromatic heterocycles. The lowest BCUT2D eigenvalue weighted by Crippen LogP contribution is -1.97. The number of hydrogen-bond acceptors (Lipinski definition) is 4. The molecular formula is C8H10N2O3S. The van der Waals surface area contributed by atoms with E-state index in [4.69, 9.17) is 13.2 Å². The molecule has 0 bridgehead atoms. The molecule has 0 fully saturated rings. The molecule has 1 aliphatic rings. The van der Waals surface area contributed by atoms with Gasteiger partial charge in [0.1, 0.15) is 12.0 Å². The minimum absolute atomic E-state index is 0.880. The van der Waals surface area contributed by atoms with Crippen LogP contribution in [0.5, 0.6) is 5.75 Å². The van der Waals surface area contributed by atoms with Gasteiger partial charge in [-0.2, -0.15) is 0 Å². The maximum Gasteiger partial charge on any atom is 0.198 e. The maximum absolute atomic E-state index is 8.81. The van der Waals surface area contributed by atoms with Gasteiger partial charge in [0.15, 0.2) is 10.9 Å². The molecule has 1 aromatic carbocycles. The first-order valence-electron chi connectivity index (χ1n) is 3.76. The maximum atomic E-state index is 8.81. The Kier molecular flexibility index (Phi) is 3.96.